The number of imidazole rings is 1. The highest BCUT2D eigenvalue weighted by molar-refractivity contribution is 7.71. The predicted molar refractivity (Wildman–Crippen MR) is 59.5 cm³/mol. The summed E-state index contributed by atoms with van der Waals surface area (Å²) in [5.74, 6) is 1.30. The smallest absolute Gasteiger partial charge is 0.184 e. The first kappa shape index (κ1) is 9.68. The van der Waals surface area contributed by atoms with E-state index in [2.05, 4.69) is 23.8 Å². The number of nitrogens with one attached hydrogen (secondary N) is 1. The summed E-state index contributed by atoms with van der Waals surface area (Å²) < 4.78 is 2.50. The molecule has 0 aromatic carbocycles. The van der Waals surface area contributed by atoms with Crippen LogP contribution in [0.2, 0.25) is 5.15 Å². The molecule has 0 unspecified atom stereocenters. The number of aromatic nitrogens is 3. The lowest BCUT2D eigenvalue weighted by Crippen LogP contribution is -1.99. The Morgan fingerprint density at radius 3 is 2.93 bits per heavy atom. The first-order chi connectivity index (χ1) is 6.59. The lowest BCUT2D eigenvalue weighted by Gasteiger charge is -2.04. The first-order valence-electron chi connectivity index (χ1n) is 4.36. The number of fused-ring (bicyclic) bond motifs is 1. The second-order valence-electron chi connectivity index (χ2n) is 3.45. The van der Waals surface area contributed by atoms with E-state index in [-0.39, 0.29) is 0 Å². The summed E-state index contributed by atoms with van der Waals surface area (Å²) in [5, 5.41) is 0.540. The minimum Gasteiger partial charge on any atom is -0.322 e. The van der Waals surface area contributed by atoms with Crippen LogP contribution >= 0.6 is 23.8 Å². The highest BCUT2D eigenvalue weighted by atomic mass is 35.5. The van der Waals surface area contributed by atoms with E-state index in [0.717, 1.165) is 11.3 Å². The lowest BCUT2D eigenvalue weighted by molar-refractivity contribution is 0.760. The molecule has 5 heteroatoms. The van der Waals surface area contributed by atoms with E-state index in [1.165, 1.54) is 0 Å². The Morgan fingerprint density at radius 2 is 2.29 bits per heavy atom. The molecule has 0 fully saturated rings. The Kier molecular flexibility index (Phi) is 2.33. The van der Waals surface area contributed by atoms with Crippen molar-refractivity contribution in [2.45, 2.75) is 19.8 Å². The van der Waals surface area contributed by atoms with Gasteiger partial charge >= 0.3 is 0 Å². The Labute approximate surface area is 91.7 Å². The molecule has 74 valence electrons. The van der Waals surface area contributed by atoms with Gasteiger partial charge in [-0.05, 0) is 18.3 Å². The Hall–Kier alpha value is -0.870. The number of hydrogen-bond donors (Lipinski definition) is 1. The van der Waals surface area contributed by atoms with Crippen molar-refractivity contribution in [2.24, 2.45) is 0 Å². The van der Waals surface area contributed by atoms with Crippen molar-refractivity contribution in [3.05, 3.63) is 28.0 Å². The van der Waals surface area contributed by atoms with Gasteiger partial charge in [0.1, 0.15) is 11.0 Å². The minimum absolute atomic E-state index is 0.341. The molecule has 2 aromatic rings. The molecule has 0 radical (unpaired) electrons. The van der Waals surface area contributed by atoms with Gasteiger partial charge in [-0.15, -0.1) is 0 Å². The van der Waals surface area contributed by atoms with Crippen LogP contribution in [0.25, 0.3) is 5.52 Å². The third kappa shape index (κ3) is 1.44. The Morgan fingerprint density at radius 1 is 1.57 bits per heavy atom. The molecule has 2 aromatic heterocycles. The van der Waals surface area contributed by atoms with Crippen LogP contribution in [-0.2, 0) is 0 Å². The molecule has 2 heterocycles. The maximum atomic E-state index is 5.85. The monoisotopic (exact) mass is 227 g/mol. The van der Waals surface area contributed by atoms with E-state index in [9.17, 15) is 0 Å². The molecule has 0 saturated carbocycles. The van der Waals surface area contributed by atoms with Crippen LogP contribution in [0.3, 0.4) is 0 Å². The number of H-pyrrole nitrogens is 1. The fourth-order valence-corrected chi connectivity index (χ4v) is 2.00. The topological polar surface area (TPSA) is 33.1 Å². The second kappa shape index (κ2) is 3.37. The van der Waals surface area contributed by atoms with Crippen molar-refractivity contribution in [2.75, 3.05) is 0 Å². The normalized spacial score (nSPS) is 11.4. The van der Waals surface area contributed by atoms with E-state index in [1.807, 2.05) is 10.5 Å². The van der Waals surface area contributed by atoms with E-state index in [4.69, 9.17) is 23.8 Å². The number of rotatable bonds is 1. The summed E-state index contributed by atoms with van der Waals surface area (Å²) >= 11 is 11.0. The first-order valence-corrected chi connectivity index (χ1v) is 5.14. The average Bonchev–Trinajstić information content (AvgIpc) is 2.47. The average molecular weight is 228 g/mol. The summed E-state index contributed by atoms with van der Waals surface area (Å²) in [6.45, 7) is 4.16. The molecule has 1 N–H and O–H groups in total. The lowest BCUT2D eigenvalue weighted by atomic mass is 10.2. The SMILES string of the molecule is CC(C)c1ncc2cc(Cl)[nH]c(=S)n12. The summed E-state index contributed by atoms with van der Waals surface area (Å²) in [5.41, 5.74) is 0.933. The Bertz CT molecular complexity index is 526. The molecule has 0 amide bonds. The van der Waals surface area contributed by atoms with Gasteiger partial charge in [0.25, 0.3) is 0 Å². The molecular formula is C9H10ClN3S. The third-order valence-electron chi connectivity index (χ3n) is 2.04. The number of halogens is 1. The third-order valence-corrected chi connectivity index (χ3v) is 2.53. The van der Waals surface area contributed by atoms with Gasteiger partial charge in [0.2, 0.25) is 0 Å². The second-order valence-corrected chi connectivity index (χ2v) is 4.25. The molecule has 14 heavy (non-hydrogen) atoms. The molecule has 0 aliphatic carbocycles. The largest absolute Gasteiger partial charge is 0.322 e. The zero-order valence-corrected chi connectivity index (χ0v) is 9.49. The van der Waals surface area contributed by atoms with Gasteiger partial charge in [-0.25, -0.2) is 4.98 Å². The fraction of sp³-hybridized carbons (Fsp3) is 0.333. The molecule has 3 nitrogen and oxygen atoms in total. The van der Waals surface area contributed by atoms with E-state index in [1.54, 1.807) is 6.20 Å². The Balaban J connectivity index is 2.86. The highest BCUT2D eigenvalue weighted by Gasteiger charge is 2.08. The van der Waals surface area contributed by atoms with Crippen LogP contribution in [0.15, 0.2) is 12.3 Å². The number of hydrogen-bond acceptors (Lipinski definition) is 2. The standard InChI is InChI=1S/C9H10ClN3S/c1-5(2)8-11-4-6-3-7(10)12-9(14)13(6)8/h3-5H,1-2H3,(H,12,14). The molecule has 0 aliphatic rings. The van der Waals surface area contributed by atoms with Crippen molar-refractivity contribution in [3.8, 4) is 0 Å². The fourth-order valence-electron chi connectivity index (χ4n) is 1.43. The van der Waals surface area contributed by atoms with Gasteiger partial charge in [-0.2, -0.15) is 0 Å². The van der Waals surface area contributed by atoms with Crippen LogP contribution in [0, 0.1) is 4.77 Å². The molecule has 0 atom stereocenters. The van der Waals surface area contributed by atoms with E-state index in [0.29, 0.717) is 15.8 Å². The summed E-state index contributed by atoms with van der Waals surface area (Å²) in [6, 6.07) is 1.82. The molecular weight excluding hydrogens is 218 g/mol. The van der Waals surface area contributed by atoms with Crippen molar-refractivity contribution in [1.82, 2.24) is 14.4 Å². The van der Waals surface area contributed by atoms with Gasteiger partial charge in [-0.1, -0.05) is 25.4 Å². The zero-order chi connectivity index (χ0) is 10.3. The molecule has 2 rings (SSSR count). The minimum atomic E-state index is 0.341. The molecule has 0 aliphatic heterocycles. The maximum Gasteiger partial charge on any atom is 0.184 e. The van der Waals surface area contributed by atoms with Crippen molar-refractivity contribution < 1.29 is 0 Å². The van der Waals surface area contributed by atoms with Gasteiger partial charge in [-0.3, -0.25) is 4.40 Å². The summed E-state index contributed by atoms with van der Waals surface area (Å²) in [6.07, 6.45) is 1.78. The van der Waals surface area contributed by atoms with Crippen molar-refractivity contribution in [3.63, 3.8) is 0 Å². The van der Waals surface area contributed by atoms with Gasteiger partial charge in [0.05, 0.1) is 11.7 Å². The van der Waals surface area contributed by atoms with Crippen molar-refractivity contribution in [1.29, 1.82) is 0 Å². The van der Waals surface area contributed by atoms with Gasteiger partial charge < -0.3 is 4.98 Å². The summed E-state index contributed by atoms with van der Waals surface area (Å²) in [4.78, 5) is 7.21. The van der Waals surface area contributed by atoms with Gasteiger partial charge in [0, 0.05) is 5.92 Å². The van der Waals surface area contributed by atoms with Crippen LogP contribution in [0.5, 0.6) is 0 Å². The molecule has 0 bridgehead atoms. The maximum absolute atomic E-state index is 5.85. The molecule has 0 saturated heterocycles. The number of nitrogens with zero attached hydrogens (tertiary/aromatic N) is 2. The van der Waals surface area contributed by atoms with Crippen LogP contribution in [0.4, 0.5) is 0 Å². The van der Waals surface area contributed by atoms with Crippen LogP contribution in [0.1, 0.15) is 25.6 Å². The van der Waals surface area contributed by atoms with Crippen molar-refractivity contribution >= 4 is 29.3 Å². The van der Waals surface area contributed by atoms with E-state index < -0.39 is 0 Å². The molecule has 0 spiro atoms. The number of aromatic amines is 1. The quantitative estimate of drug-likeness (QED) is 0.600. The van der Waals surface area contributed by atoms with E-state index >= 15 is 0 Å². The predicted octanol–water partition coefficient (Wildman–Crippen LogP) is 3.17. The van der Waals surface area contributed by atoms with Crippen LogP contribution < -0.4 is 0 Å². The highest BCUT2D eigenvalue weighted by Crippen LogP contribution is 2.17. The summed E-state index contributed by atoms with van der Waals surface area (Å²) in [7, 11) is 0. The van der Waals surface area contributed by atoms with Crippen LogP contribution in [-0.4, -0.2) is 14.4 Å². The van der Waals surface area contributed by atoms with Gasteiger partial charge in [0.15, 0.2) is 4.77 Å². The zero-order valence-electron chi connectivity index (χ0n) is 7.91.